The van der Waals surface area contributed by atoms with E-state index in [1.165, 1.54) is 6.92 Å². The Morgan fingerprint density at radius 3 is 2.50 bits per heavy atom. The van der Waals surface area contributed by atoms with E-state index in [0.717, 1.165) is 18.4 Å². The first kappa shape index (κ1) is 25.6. The highest BCUT2D eigenvalue weighted by Gasteiger charge is 2.66. The quantitative estimate of drug-likeness (QED) is 0.379. The molecule has 0 spiro atoms. The summed E-state index contributed by atoms with van der Waals surface area (Å²) in [5.74, 6) is -0.491. The number of ether oxygens (including phenoxy) is 5. The topological polar surface area (TPSA) is 80.3 Å². The zero-order valence-electron chi connectivity index (χ0n) is 22.0. The van der Waals surface area contributed by atoms with E-state index in [-0.39, 0.29) is 18.0 Å². The first-order valence-electron chi connectivity index (χ1n) is 13.1. The summed E-state index contributed by atoms with van der Waals surface area (Å²) in [6.07, 6.45) is 5.37. The van der Waals surface area contributed by atoms with Gasteiger partial charge in [-0.2, -0.15) is 0 Å². The van der Waals surface area contributed by atoms with Gasteiger partial charge in [-0.05, 0) is 43.6 Å². The van der Waals surface area contributed by atoms with Crippen molar-refractivity contribution >= 4 is 11.8 Å². The molecule has 4 fully saturated rings. The molecule has 2 saturated heterocycles. The maximum Gasteiger partial charge on any atom is 0.302 e. The van der Waals surface area contributed by atoms with E-state index in [1.807, 2.05) is 50.3 Å². The molecule has 2 aliphatic heterocycles. The molecule has 2 heterocycles. The maximum absolute atomic E-state index is 13.3. The molecule has 0 amide bonds. The Balaban J connectivity index is 1.53. The normalized spacial score (nSPS) is 38.1. The highest BCUT2D eigenvalue weighted by Crippen LogP contribution is 2.65. The molecule has 0 N–H and O–H groups in total. The molecular weight excluding hydrogens is 460 g/mol. The Labute approximate surface area is 213 Å². The van der Waals surface area contributed by atoms with Gasteiger partial charge in [-0.25, -0.2) is 0 Å². The molecule has 196 valence electrons. The Morgan fingerprint density at radius 2 is 1.86 bits per heavy atom. The van der Waals surface area contributed by atoms with Crippen LogP contribution in [-0.4, -0.2) is 48.2 Å². The number of rotatable bonds is 8. The van der Waals surface area contributed by atoms with Crippen LogP contribution in [0.4, 0.5) is 0 Å². The molecule has 5 rings (SSSR count). The van der Waals surface area contributed by atoms with Gasteiger partial charge < -0.3 is 23.7 Å². The fraction of sp³-hybridized carbons (Fsp3) is 0.655. The van der Waals surface area contributed by atoms with Gasteiger partial charge in [0.1, 0.15) is 17.5 Å². The van der Waals surface area contributed by atoms with Crippen molar-refractivity contribution in [3.63, 3.8) is 0 Å². The van der Waals surface area contributed by atoms with Crippen LogP contribution in [0, 0.1) is 16.7 Å². The largest absolute Gasteiger partial charge is 0.466 e. The molecule has 2 aliphatic carbocycles. The van der Waals surface area contributed by atoms with Crippen LogP contribution in [0.5, 0.6) is 0 Å². The average molecular weight is 499 g/mol. The monoisotopic (exact) mass is 498 g/mol. The third-order valence-electron chi connectivity index (χ3n) is 8.94. The highest BCUT2D eigenvalue weighted by molar-refractivity contribution is 5.91. The number of fused-ring (bicyclic) bond motifs is 3. The smallest absolute Gasteiger partial charge is 0.302 e. The van der Waals surface area contributed by atoms with E-state index in [4.69, 9.17) is 23.7 Å². The van der Waals surface area contributed by atoms with Crippen molar-refractivity contribution < 1.29 is 33.3 Å². The van der Waals surface area contributed by atoms with Gasteiger partial charge in [0, 0.05) is 19.8 Å². The van der Waals surface area contributed by atoms with E-state index in [0.29, 0.717) is 31.1 Å². The Bertz CT molecular complexity index is 1030. The first-order valence-corrected chi connectivity index (χ1v) is 13.1. The predicted molar refractivity (Wildman–Crippen MR) is 132 cm³/mol. The van der Waals surface area contributed by atoms with Gasteiger partial charge in [0.05, 0.1) is 24.7 Å². The van der Waals surface area contributed by atoms with Crippen molar-refractivity contribution in [1.82, 2.24) is 0 Å². The number of allylic oxidation sites excluding steroid dienone is 1. The third-order valence-corrected chi connectivity index (χ3v) is 8.94. The standard InChI is InChI=1S/C29H38O7/c1-19(30)32-16-12-23-29(33-18-20-9-7-6-8-10-20,24-25(34-23)36-27(4,5)35-24)15-14-28-13-11-21(17-22(28)31)26(28,2)3/h6-10,14-15,21,23-25H,11-13,16-18H2,1-5H3/b15-14+/t21-,23+,24-,25+,28-,29+/m0/s1. The van der Waals surface area contributed by atoms with Crippen LogP contribution in [0.3, 0.4) is 0 Å². The van der Waals surface area contributed by atoms with Crippen LogP contribution >= 0.6 is 0 Å². The van der Waals surface area contributed by atoms with Gasteiger partial charge in [0.25, 0.3) is 0 Å². The highest BCUT2D eigenvalue weighted by atomic mass is 16.8. The summed E-state index contributed by atoms with van der Waals surface area (Å²) >= 11 is 0. The van der Waals surface area contributed by atoms with Crippen LogP contribution in [0.25, 0.3) is 0 Å². The van der Waals surface area contributed by atoms with Crippen molar-refractivity contribution in [3.05, 3.63) is 48.0 Å². The lowest BCUT2D eigenvalue weighted by molar-refractivity contribution is -0.232. The van der Waals surface area contributed by atoms with E-state index in [2.05, 4.69) is 19.9 Å². The minimum Gasteiger partial charge on any atom is -0.466 e. The molecule has 0 radical (unpaired) electrons. The van der Waals surface area contributed by atoms with Crippen molar-refractivity contribution in [2.24, 2.45) is 16.7 Å². The van der Waals surface area contributed by atoms with Gasteiger partial charge in [0.2, 0.25) is 0 Å². The third kappa shape index (κ3) is 4.14. The number of carbonyl (C=O) groups is 2. The summed E-state index contributed by atoms with van der Waals surface area (Å²) in [7, 11) is 0. The lowest BCUT2D eigenvalue weighted by Gasteiger charge is -2.39. The van der Waals surface area contributed by atoms with Crippen LogP contribution in [0.15, 0.2) is 42.5 Å². The van der Waals surface area contributed by atoms with E-state index < -0.39 is 35.3 Å². The fourth-order valence-electron chi connectivity index (χ4n) is 6.77. The number of hydrogen-bond donors (Lipinski definition) is 0. The molecule has 0 aromatic heterocycles. The molecule has 0 unspecified atom stereocenters. The minimum absolute atomic E-state index is 0.125. The second kappa shape index (κ2) is 9.05. The lowest BCUT2D eigenvalue weighted by atomic mass is 9.68. The summed E-state index contributed by atoms with van der Waals surface area (Å²) in [5, 5.41) is 0. The van der Waals surface area contributed by atoms with E-state index in [9.17, 15) is 9.59 Å². The van der Waals surface area contributed by atoms with Crippen molar-refractivity contribution in [2.75, 3.05) is 6.61 Å². The summed E-state index contributed by atoms with van der Waals surface area (Å²) in [6.45, 7) is 10.0. The molecule has 36 heavy (non-hydrogen) atoms. The first-order chi connectivity index (χ1) is 17.0. The lowest BCUT2D eigenvalue weighted by Crippen LogP contribution is -2.50. The SMILES string of the molecule is CC(=O)OCC[C@H]1O[C@@H]2OC(C)(C)O[C@@H]2[C@]1(/C=C/[C@@]12CC[C@@H](CC1=O)C2(C)C)OCc1ccccc1. The Morgan fingerprint density at radius 1 is 1.11 bits per heavy atom. The molecule has 6 atom stereocenters. The summed E-state index contributed by atoms with van der Waals surface area (Å²) < 4.78 is 30.9. The molecule has 7 nitrogen and oxygen atoms in total. The number of carbonyl (C=O) groups excluding carboxylic acids is 2. The molecule has 1 aromatic carbocycles. The van der Waals surface area contributed by atoms with Crippen molar-refractivity contribution in [3.8, 4) is 0 Å². The van der Waals surface area contributed by atoms with Crippen LogP contribution in [0.2, 0.25) is 0 Å². The number of ketones is 1. The molecule has 7 heteroatoms. The predicted octanol–water partition coefficient (Wildman–Crippen LogP) is 4.72. The van der Waals surface area contributed by atoms with Gasteiger partial charge >= 0.3 is 5.97 Å². The summed E-state index contributed by atoms with van der Waals surface area (Å²) in [4.78, 5) is 24.8. The maximum atomic E-state index is 13.3. The van der Waals surface area contributed by atoms with Crippen LogP contribution in [0.1, 0.15) is 65.9 Å². The molecule has 2 bridgehead atoms. The molecule has 4 aliphatic rings. The van der Waals surface area contributed by atoms with Crippen molar-refractivity contribution in [2.45, 2.75) is 96.8 Å². The number of benzene rings is 1. The minimum atomic E-state index is -1.03. The number of esters is 1. The fourth-order valence-corrected chi connectivity index (χ4v) is 6.77. The van der Waals surface area contributed by atoms with E-state index in [1.54, 1.807) is 0 Å². The Hall–Kier alpha value is -2.06. The molecule has 1 aromatic rings. The average Bonchev–Trinajstić information content (AvgIpc) is 3.42. The zero-order valence-corrected chi connectivity index (χ0v) is 22.0. The van der Waals surface area contributed by atoms with Gasteiger partial charge in [-0.1, -0.05) is 56.3 Å². The van der Waals surface area contributed by atoms with Gasteiger partial charge in [-0.15, -0.1) is 0 Å². The Kier molecular flexibility index (Phi) is 6.43. The summed E-state index contributed by atoms with van der Waals surface area (Å²) in [6, 6.07) is 9.94. The summed E-state index contributed by atoms with van der Waals surface area (Å²) in [5.41, 5.74) is -0.671. The number of hydrogen-bond acceptors (Lipinski definition) is 7. The molecule has 2 saturated carbocycles. The van der Waals surface area contributed by atoms with Crippen molar-refractivity contribution in [1.29, 1.82) is 0 Å². The second-order valence-electron chi connectivity index (χ2n) is 11.7. The molecular formula is C29H38O7. The van der Waals surface area contributed by atoms with E-state index >= 15 is 0 Å². The number of Topliss-reactive ketones (excluding diaryl/α,β-unsaturated/α-hetero) is 1. The zero-order chi connectivity index (χ0) is 25.8. The van der Waals surface area contributed by atoms with Crippen LogP contribution in [-0.2, 0) is 39.9 Å². The van der Waals surface area contributed by atoms with Crippen LogP contribution < -0.4 is 0 Å². The van der Waals surface area contributed by atoms with Gasteiger partial charge in [-0.3, -0.25) is 9.59 Å². The second-order valence-corrected chi connectivity index (χ2v) is 11.7. The van der Waals surface area contributed by atoms with Gasteiger partial charge in [0.15, 0.2) is 12.1 Å².